The van der Waals surface area contributed by atoms with Crippen molar-refractivity contribution in [2.24, 2.45) is 0 Å². The van der Waals surface area contributed by atoms with Gasteiger partial charge in [0.2, 0.25) is 5.91 Å². The highest BCUT2D eigenvalue weighted by Crippen LogP contribution is 2.31. The van der Waals surface area contributed by atoms with Gasteiger partial charge in [-0.2, -0.15) is 0 Å². The molecule has 2 rings (SSSR count). The number of rotatable bonds is 5. The molecular weight excluding hydrogens is 228 g/mol. The Balaban J connectivity index is 2.08. The number of hydrogen-bond acceptors (Lipinski definition) is 3. The lowest BCUT2D eigenvalue weighted by atomic mass is 10.1. The highest BCUT2D eigenvalue weighted by atomic mass is 16.2. The molecular formula is C14H20N2O2. The van der Waals surface area contributed by atoms with Crippen molar-refractivity contribution >= 4 is 17.3 Å². The topological polar surface area (TPSA) is 43.8 Å². The second kappa shape index (κ2) is 5.40. The fraction of sp³-hybridized carbons (Fsp3) is 0.500. The first-order chi connectivity index (χ1) is 8.63. The predicted octanol–water partition coefficient (Wildman–Crippen LogP) is 1.41. The number of amides is 1. The van der Waals surface area contributed by atoms with Crippen molar-refractivity contribution in [2.45, 2.75) is 19.3 Å². The molecule has 4 nitrogen and oxygen atoms in total. The minimum absolute atomic E-state index is 0.157. The number of hydrogen-bond donors (Lipinski definition) is 1. The monoisotopic (exact) mass is 248 g/mol. The summed E-state index contributed by atoms with van der Waals surface area (Å²) >= 11 is 0. The van der Waals surface area contributed by atoms with Crippen LogP contribution in [0.2, 0.25) is 0 Å². The van der Waals surface area contributed by atoms with Gasteiger partial charge in [0, 0.05) is 38.6 Å². The molecule has 0 unspecified atom stereocenters. The molecule has 0 spiro atoms. The Bertz CT molecular complexity index is 445. The number of likely N-dealkylation sites (N-methyl/N-ethyl adjacent to an activating group) is 1. The van der Waals surface area contributed by atoms with Crippen LogP contribution in [0, 0.1) is 0 Å². The summed E-state index contributed by atoms with van der Waals surface area (Å²) in [6.07, 6.45) is 2.31. The van der Waals surface area contributed by atoms with E-state index in [0.717, 1.165) is 36.3 Å². The zero-order valence-corrected chi connectivity index (χ0v) is 11.0. The van der Waals surface area contributed by atoms with Crippen molar-refractivity contribution in [3.8, 4) is 0 Å². The first kappa shape index (κ1) is 12.9. The van der Waals surface area contributed by atoms with Gasteiger partial charge < -0.3 is 14.9 Å². The summed E-state index contributed by atoms with van der Waals surface area (Å²) in [7, 11) is 3.86. The zero-order chi connectivity index (χ0) is 13.1. The summed E-state index contributed by atoms with van der Waals surface area (Å²) in [4.78, 5) is 15.5. The van der Waals surface area contributed by atoms with E-state index in [1.807, 2.05) is 26.2 Å². The van der Waals surface area contributed by atoms with Crippen molar-refractivity contribution in [2.75, 3.05) is 37.0 Å². The molecule has 1 aliphatic heterocycles. The molecule has 0 aliphatic carbocycles. The van der Waals surface area contributed by atoms with Crippen molar-refractivity contribution in [3.63, 3.8) is 0 Å². The lowest BCUT2D eigenvalue weighted by molar-refractivity contribution is -0.117. The molecule has 4 heteroatoms. The first-order valence-electron chi connectivity index (χ1n) is 6.35. The van der Waals surface area contributed by atoms with Gasteiger partial charge in [-0.3, -0.25) is 4.79 Å². The molecule has 1 aromatic carbocycles. The molecule has 1 aliphatic rings. The molecule has 0 bridgehead atoms. The Morgan fingerprint density at radius 2 is 2.17 bits per heavy atom. The van der Waals surface area contributed by atoms with Gasteiger partial charge in [0.1, 0.15) is 0 Å². The number of carbonyl (C=O) groups is 1. The third-order valence-corrected chi connectivity index (χ3v) is 3.48. The molecule has 0 saturated carbocycles. The van der Waals surface area contributed by atoms with E-state index in [4.69, 9.17) is 5.11 Å². The minimum atomic E-state index is 0.157. The van der Waals surface area contributed by atoms with E-state index in [-0.39, 0.29) is 12.5 Å². The summed E-state index contributed by atoms with van der Waals surface area (Å²) in [6, 6.07) is 6.15. The average molecular weight is 248 g/mol. The first-order valence-corrected chi connectivity index (χ1v) is 6.35. The molecule has 0 saturated heterocycles. The van der Waals surface area contributed by atoms with Gasteiger partial charge in [-0.15, -0.1) is 0 Å². The van der Waals surface area contributed by atoms with Gasteiger partial charge >= 0.3 is 0 Å². The van der Waals surface area contributed by atoms with Gasteiger partial charge in [0.15, 0.2) is 0 Å². The van der Waals surface area contributed by atoms with Crippen LogP contribution in [0.4, 0.5) is 11.4 Å². The van der Waals surface area contributed by atoms with E-state index in [0.29, 0.717) is 6.42 Å². The van der Waals surface area contributed by atoms with Crippen LogP contribution in [-0.4, -0.2) is 38.3 Å². The van der Waals surface area contributed by atoms with Gasteiger partial charge in [-0.25, -0.2) is 0 Å². The van der Waals surface area contributed by atoms with E-state index < -0.39 is 0 Å². The van der Waals surface area contributed by atoms with E-state index >= 15 is 0 Å². The summed E-state index contributed by atoms with van der Waals surface area (Å²) in [6.45, 7) is 1.17. The fourth-order valence-corrected chi connectivity index (χ4v) is 2.28. The van der Waals surface area contributed by atoms with Gasteiger partial charge in [-0.05, 0) is 36.6 Å². The maximum absolute atomic E-state index is 11.6. The Kier molecular flexibility index (Phi) is 3.87. The smallest absolute Gasteiger partial charge is 0.231 e. The van der Waals surface area contributed by atoms with Gasteiger partial charge in [-0.1, -0.05) is 0 Å². The number of aliphatic hydroxyl groups excluding tert-OH is 1. The van der Waals surface area contributed by atoms with Crippen molar-refractivity contribution in [1.82, 2.24) is 0 Å². The Hall–Kier alpha value is -1.55. The molecule has 1 aromatic rings. The summed E-state index contributed by atoms with van der Waals surface area (Å²) < 4.78 is 0. The summed E-state index contributed by atoms with van der Waals surface area (Å²) in [5.74, 6) is 0.157. The molecule has 18 heavy (non-hydrogen) atoms. The Morgan fingerprint density at radius 1 is 1.39 bits per heavy atom. The van der Waals surface area contributed by atoms with Crippen LogP contribution in [0.1, 0.15) is 18.4 Å². The van der Waals surface area contributed by atoms with Crippen LogP contribution in [0.15, 0.2) is 18.2 Å². The average Bonchev–Trinajstić information content (AvgIpc) is 2.65. The van der Waals surface area contributed by atoms with Crippen molar-refractivity contribution < 1.29 is 9.90 Å². The SMILES string of the molecule is CN(CCCCO)c1ccc2c(c1)CC(=O)N2C. The third kappa shape index (κ3) is 2.48. The number of nitrogens with zero attached hydrogens (tertiary/aromatic N) is 2. The Labute approximate surface area is 108 Å². The van der Waals surface area contributed by atoms with E-state index in [9.17, 15) is 4.79 Å². The number of carbonyl (C=O) groups excluding carboxylic acids is 1. The van der Waals surface area contributed by atoms with Gasteiger partial charge in [0.25, 0.3) is 0 Å². The highest BCUT2D eigenvalue weighted by molar-refractivity contribution is 6.01. The summed E-state index contributed by atoms with van der Waals surface area (Å²) in [5, 5.41) is 8.77. The molecule has 0 aromatic heterocycles. The maximum Gasteiger partial charge on any atom is 0.231 e. The van der Waals surface area contributed by atoms with Crippen molar-refractivity contribution in [3.05, 3.63) is 23.8 Å². The third-order valence-electron chi connectivity index (χ3n) is 3.48. The van der Waals surface area contributed by atoms with Crippen LogP contribution in [0.3, 0.4) is 0 Å². The largest absolute Gasteiger partial charge is 0.396 e. The van der Waals surface area contributed by atoms with Crippen LogP contribution >= 0.6 is 0 Å². The number of anilines is 2. The normalized spacial score (nSPS) is 13.9. The van der Waals surface area contributed by atoms with Crippen LogP contribution in [0.5, 0.6) is 0 Å². The van der Waals surface area contributed by atoms with Crippen LogP contribution in [0.25, 0.3) is 0 Å². The molecule has 0 atom stereocenters. The summed E-state index contributed by atoms with van der Waals surface area (Å²) in [5.41, 5.74) is 3.26. The number of aliphatic hydroxyl groups is 1. The quantitative estimate of drug-likeness (QED) is 0.801. The van der Waals surface area contributed by atoms with E-state index in [1.54, 1.807) is 4.90 Å². The van der Waals surface area contributed by atoms with Crippen LogP contribution < -0.4 is 9.80 Å². The highest BCUT2D eigenvalue weighted by Gasteiger charge is 2.24. The second-order valence-corrected chi connectivity index (χ2v) is 4.79. The van der Waals surface area contributed by atoms with Gasteiger partial charge in [0.05, 0.1) is 6.42 Å². The molecule has 1 amide bonds. The van der Waals surface area contributed by atoms with E-state index in [1.165, 1.54) is 0 Å². The van der Waals surface area contributed by atoms with Crippen molar-refractivity contribution in [1.29, 1.82) is 0 Å². The standard InChI is InChI=1S/C14H20N2O2/c1-15(7-3-4-8-17)12-5-6-13-11(9-12)10-14(18)16(13)2/h5-6,9,17H,3-4,7-8,10H2,1-2H3. The number of benzene rings is 1. The fourth-order valence-electron chi connectivity index (χ4n) is 2.28. The number of unbranched alkanes of at least 4 members (excludes halogenated alkanes) is 1. The predicted molar refractivity (Wildman–Crippen MR) is 73.1 cm³/mol. The van der Waals surface area contributed by atoms with Crippen LogP contribution in [-0.2, 0) is 11.2 Å². The molecule has 0 fully saturated rings. The maximum atomic E-state index is 11.6. The Morgan fingerprint density at radius 3 is 2.89 bits per heavy atom. The molecule has 0 radical (unpaired) electrons. The second-order valence-electron chi connectivity index (χ2n) is 4.79. The van der Waals surface area contributed by atoms with E-state index in [2.05, 4.69) is 11.0 Å². The zero-order valence-electron chi connectivity index (χ0n) is 11.0. The molecule has 1 N–H and O–H groups in total. The molecule has 1 heterocycles. The minimum Gasteiger partial charge on any atom is -0.396 e. The molecule has 98 valence electrons. The number of fused-ring (bicyclic) bond motifs is 1. The lowest BCUT2D eigenvalue weighted by Gasteiger charge is -2.20. The lowest BCUT2D eigenvalue weighted by Crippen LogP contribution is -2.20.